The largest absolute Gasteiger partial charge is 0.398 e. The highest BCUT2D eigenvalue weighted by atomic mass is 79.9. The normalized spacial score (nSPS) is 11.4. The zero-order valence-corrected chi connectivity index (χ0v) is 11.7. The van der Waals surface area contributed by atoms with Crippen LogP contribution in [-0.2, 0) is 10.0 Å². The maximum absolute atomic E-state index is 13.6. The Kier molecular flexibility index (Phi) is 3.45. The van der Waals surface area contributed by atoms with Gasteiger partial charge >= 0.3 is 0 Å². The molecule has 11 heteroatoms. The van der Waals surface area contributed by atoms with Crippen LogP contribution in [0, 0.1) is 5.82 Å². The molecular weight excluding hydrogens is 349 g/mol. The second-order valence-corrected chi connectivity index (χ2v) is 6.31. The van der Waals surface area contributed by atoms with Crippen LogP contribution in [0.2, 0.25) is 0 Å². The number of benzene rings is 1. The van der Waals surface area contributed by atoms with Crippen LogP contribution in [0.4, 0.5) is 15.2 Å². The number of hydrogen-bond acceptors (Lipinski definition) is 7. The summed E-state index contributed by atoms with van der Waals surface area (Å²) >= 11 is 3.73. The van der Waals surface area contributed by atoms with E-state index in [0.717, 1.165) is 23.7 Å². The van der Waals surface area contributed by atoms with Crippen LogP contribution < -0.4 is 10.5 Å². The summed E-state index contributed by atoms with van der Waals surface area (Å²) in [5, 5.41) is 6.56. The van der Waals surface area contributed by atoms with Gasteiger partial charge in [0.25, 0.3) is 10.0 Å². The Bertz CT molecular complexity index is 675. The van der Waals surface area contributed by atoms with E-state index in [-0.39, 0.29) is 15.3 Å². The number of nitrogens with zero attached hydrogens (tertiary/aromatic N) is 3. The minimum absolute atomic E-state index is 0.0594. The number of hydrogen-bond donors (Lipinski definition) is 2. The molecule has 2 aromatic rings. The van der Waals surface area contributed by atoms with Crippen molar-refractivity contribution in [1.29, 1.82) is 0 Å². The molecule has 0 spiro atoms. The van der Waals surface area contributed by atoms with Crippen molar-refractivity contribution in [2.24, 2.45) is 0 Å². The molecule has 18 heavy (non-hydrogen) atoms. The van der Waals surface area contributed by atoms with E-state index in [4.69, 9.17) is 5.73 Å². The Hall–Kier alpha value is -1.33. The molecule has 3 N–H and O–H groups in total. The summed E-state index contributed by atoms with van der Waals surface area (Å²) in [5.41, 5.74) is 5.62. The third-order valence-corrected chi connectivity index (χ3v) is 4.54. The zero-order chi connectivity index (χ0) is 13.3. The van der Waals surface area contributed by atoms with E-state index in [1.807, 2.05) is 4.72 Å². The number of anilines is 2. The maximum Gasteiger partial charge on any atom is 0.266 e. The zero-order valence-electron chi connectivity index (χ0n) is 8.46. The van der Waals surface area contributed by atoms with Gasteiger partial charge in [-0.25, -0.2) is 12.8 Å². The molecule has 0 amide bonds. The molecule has 2 rings (SSSR count). The molecule has 1 aromatic carbocycles. The van der Waals surface area contributed by atoms with Crippen molar-refractivity contribution in [3.05, 3.63) is 22.4 Å². The fourth-order valence-corrected chi connectivity index (χ4v) is 3.09. The summed E-state index contributed by atoms with van der Waals surface area (Å²) in [4.78, 5) is -0.571. The van der Waals surface area contributed by atoms with Gasteiger partial charge in [0, 0.05) is 21.7 Å². The molecule has 1 aromatic heterocycles. The molecule has 0 aliphatic heterocycles. The highest BCUT2D eigenvalue weighted by molar-refractivity contribution is 9.10. The van der Waals surface area contributed by atoms with Gasteiger partial charge < -0.3 is 5.73 Å². The first-order chi connectivity index (χ1) is 8.40. The highest BCUT2D eigenvalue weighted by Crippen LogP contribution is 2.27. The first-order valence-corrected chi connectivity index (χ1v) is 7.37. The topological polar surface area (TPSA) is 111 Å². The monoisotopic (exact) mass is 353 g/mol. The van der Waals surface area contributed by atoms with Crippen molar-refractivity contribution in [2.75, 3.05) is 10.5 Å². The average molecular weight is 354 g/mol. The molecule has 1 heterocycles. The first-order valence-electron chi connectivity index (χ1n) is 4.32. The fourth-order valence-electron chi connectivity index (χ4n) is 1.09. The van der Waals surface area contributed by atoms with Gasteiger partial charge in [-0.2, -0.15) is 0 Å². The van der Waals surface area contributed by atoms with Crippen LogP contribution in [0.3, 0.4) is 0 Å². The molecule has 0 fully saturated rings. The van der Waals surface area contributed by atoms with Crippen molar-refractivity contribution in [3.8, 4) is 0 Å². The van der Waals surface area contributed by atoms with Gasteiger partial charge in [-0.3, -0.25) is 4.72 Å². The van der Waals surface area contributed by atoms with Gasteiger partial charge in [-0.15, -0.1) is 0 Å². The molecule has 0 saturated heterocycles. The van der Waals surface area contributed by atoms with Crippen molar-refractivity contribution in [1.82, 2.24) is 14.8 Å². The van der Waals surface area contributed by atoms with Crippen LogP contribution in [0.1, 0.15) is 0 Å². The molecule has 0 saturated carbocycles. The predicted molar refractivity (Wildman–Crippen MR) is 67.0 cm³/mol. The third kappa shape index (κ3) is 2.57. The van der Waals surface area contributed by atoms with Crippen LogP contribution in [0.5, 0.6) is 0 Å². The fraction of sp³-hybridized carbons (Fsp3) is 0. The standard InChI is InChI=1S/C7H5BrFN5O2S2/c8-3-1-4(9)6(2-5(3)10)18(15,16)12-7-11-13-14-17-7/h1-2H,10H2,(H,11,12,14). The molecule has 0 atom stereocenters. The average Bonchev–Trinajstić information content (AvgIpc) is 2.75. The molecular formula is C7H5BrFN5O2S2. The Labute approximate surface area is 114 Å². The number of sulfonamides is 1. The Balaban J connectivity index is 2.44. The lowest BCUT2D eigenvalue weighted by atomic mass is 10.3. The lowest BCUT2D eigenvalue weighted by Gasteiger charge is -2.07. The lowest BCUT2D eigenvalue weighted by Crippen LogP contribution is -2.15. The highest BCUT2D eigenvalue weighted by Gasteiger charge is 2.22. The van der Waals surface area contributed by atoms with Crippen LogP contribution in [-0.4, -0.2) is 23.2 Å². The van der Waals surface area contributed by atoms with E-state index in [1.54, 1.807) is 0 Å². The summed E-state index contributed by atoms with van der Waals surface area (Å²) in [6.07, 6.45) is 0. The van der Waals surface area contributed by atoms with E-state index in [1.165, 1.54) is 0 Å². The molecule has 96 valence electrons. The summed E-state index contributed by atoms with van der Waals surface area (Å²) in [7, 11) is -4.11. The van der Waals surface area contributed by atoms with Gasteiger partial charge in [0.2, 0.25) is 5.13 Å². The van der Waals surface area contributed by atoms with E-state index >= 15 is 0 Å². The molecule has 0 aliphatic rings. The molecule has 0 aliphatic carbocycles. The van der Waals surface area contributed by atoms with Gasteiger partial charge in [-0.1, -0.05) is 9.59 Å². The molecule has 0 bridgehead atoms. The Morgan fingerprint density at radius 1 is 1.44 bits per heavy atom. The van der Waals surface area contributed by atoms with Gasteiger partial charge in [0.1, 0.15) is 10.7 Å². The van der Waals surface area contributed by atoms with Crippen molar-refractivity contribution in [2.45, 2.75) is 4.90 Å². The van der Waals surface area contributed by atoms with Gasteiger partial charge in [0.05, 0.1) is 0 Å². The summed E-state index contributed by atoms with van der Waals surface area (Å²) in [5.74, 6) is -0.930. The van der Waals surface area contributed by atoms with Crippen LogP contribution >= 0.6 is 27.5 Å². The quantitative estimate of drug-likeness (QED) is 0.802. The van der Waals surface area contributed by atoms with Gasteiger partial charge in [0.15, 0.2) is 0 Å². The number of rotatable bonds is 3. The van der Waals surface area contributed by atoms with E-state index in [9.17, 15) is 12.8 Å². The molecule has 0 radical (unpaired) electrons. The van der Waals surface area contributed by atoms with E-state index in [0.29, 0.717) is 0 Å². The Morgan fingerprint density at radius 2 is 2.17 bits per heavy atom. The summed E-state index contributed by atoms with van der Waals surface area (Å²) < 4.78 is 43.0. The van der Waals surface area contributed by atoms with Crippen molar-refractivity contribution < 1.29 is 12.8 Å². The molecule has 7 nitrogen and oxygen atoms in total. The minimum atomic E-state index is -4.11. The smallest absolute Gasteiger partial charge is 0.266 e. The summed E-state index contributed by atoms with van der Waals surface area (Å²) in [6, 6.07) is 1.98. The Morgan fingerprint density at radius 3 is 2.78 bits per heavy atom. The summed E-state index contributed by atoms with van der Waals surface area (Å²) in [6.45, 7) is 0. The number of aromatic nitrogens is 3. The van der Waals surface area contributed by atoms with Crippen LogP contribution in [0.25, 0.3) is 0 Å². The van der Waals surface area contributed by atoms with Crippen LogP contribution in [0.15, 0.2) is 21.5 Å². The van der Waals surface area contributed by atoms with Crippen molar-refractivity contribution in [3.63, 3.8) is 0 Å². The lowest BCUT2D eigenvalue weighted by molar-refractivity contribution is 0.570. The number of nitrogens with one attached hydrogen (secondary N) is 1. The number of nitrogen functional groups attached to an aromatic ring is 1. The van der Waals surface area contributed by atoms with Crippen molar-refractivity contribution >= 4 is 48.3 Å². The maximum atomic E-state index is 13.6. The SMILES string of the molecule is Nc1cc(S(=O)(=O)Nc2nnns2)c(F)cc1Br. The van der Waals surface area contributed by atoms with E-state index in [2.05, 4.69) is 30.7 Å². The number of nitrogens with two attached hydrogens (primary N) is 1. The second-order valence-electron chi connectivity index (χ2n) is 3.08. The van der Waals surface area contributed by atoms with Gasteiger partial charge in [-0.05, 0) is 33.3 Å². The first kappa shape index (κ1) is 13.1. The predicted octanol–water partition coefficient (Wildman–Crippen LogP) is 1.22. The number of halogens is 2. The minimum Gasteiger partial charge on any atom is -0.398 e. The van der Waals surface area contributed by atoms with E-state index < -0.39 is 20.7 Å². The third-order valence-electron chi connectivity index (χ3n) is 1.86. The second kappa shape index (κ2) is 4.74. The molecule has 0 unspecified atom stereocenters.